The molecule has 0 atom stereocenters. The molecule has 0 fully saturated rings. The lowest BCUT2D eigenvalue weighted by Gasteiger charge is -2.16. The molecule has 0 bridgehead atoms. The molecule has 2 aromatic heterocycles. The van der Waals surface area contributed by atoms with E-state index in [-0.39, 0.29) is 11.3 Å². The van der Waals surface area contributed by atoms with Crippen LogP contribution in [-0.4, -0.2) is 28.2 Å². The van der Waals surface area contributed by atoms with Crippen molar-refractivity contribution in [2.75, 3.05) is 12.9 Å². The van der Waals surface area contributed by atoms with E-state index in [9.17, 15) is 9.18 Å². The Morgan fingerprint density at radius 1 is 1.14 bits per heavy atom. The van der Waals surface area contributed by atoms with Crippen LogP contribution in [0.15, 0.2) is 69.0 Å². The second-order valence-corrected chi connectivity index (χ2v) is 8.19. The Hall–Kier alpha value is -2.97. The number of fused-ring (bicyclic) bond motifs is 2. The first-order chi connectivity index (χ1) is 14.2. The first kappa shape index (κ1) is 18.1. The molecule has 5 nitrogen and oxygen atoms in total. The van der Waals surface area contributed by atoms with Crippen LogP contribution < -0.4 is 10.3 Å². The molecule has 4 aromatic rings. The summed E-state index contributed by atoms with van der Waals surface area (Å²) in [7, 11) is 1.42. The molecule has 2 aromatic carbocycles. The van der Waals surface area contributed by atoms with Crippen LogP contribution in [0.2, 0.25) is 0 Å². The van der Waals surface area contributed by atoms with Crippen molar-refractivity contribution in [3.05, 3.63) is 75.6 Å². The third kappa shape index (κ3) is 3.04. The second-order valence-electron chi connectivity index (χ2n) is 6.39. The molecular weight excluding hydrogens is 409 g/mol. The highest BCUT2D eigenvalue weighted by Crippen LogP contribution is 2.33. The molecule has 8 heteroatoms. The van der Waals surface area contributed by atoms with Crippen LogP contribution in [0.25, 0.3) is 21.3 Å². The highest BCUT2D eigenvalue weighted by molar-refractivity contribution is 7.99. The average Bonchev–Trinajstić information content (AvgIpc) is 3.18. The number of methoxy groups -OCH3 is 1. The molecule has 0 aliphatic carbocycles. The Morgan fingerprint density at radius 2 is 1.97 bits per heavy atom. The van der Waals surface area contributed by atoms with Gasteiger partial charge in [0.2, 0.25) is 0 Å². The zero-order valence-corrected chi connectivity index (χ0v) is 16.9. The first-order valence-corrected chi connectivity index (χ1v) is 10.7. The third-order valence-electron chi connectivity index (χ3n) is 4.68. The summed E-state index contributed by atoms with van der Waals surface area (Å²) in [6.45, 7) is 0. The third-order valence-corrected chi connectivity index (χ3v) is 6.50. The molecule has 29 heavy (non-hydrogen) atoms. The minimum atomic E-state index is -0.464. The summed E-state index contributed by atoms with van der Waals surface area (Å²) < 4.78 is 20.4. The van der Waals surface area contributed by atoms with Gasteiger partial charge in [0.25, 0.3) is 5.56 Å². The van der Waals surface area contributed by atoms with Crippen LogP contribution >= 0.6 is 23.1 Å². The quantitative estimate of drug-likeness (QED) is 0.451. The minimum absolute atomic E-state index is 0.171. The molecule has 1 aliphatic rings. The molecular formula is C21H14FN3O2S2. The van der Waals surface area contributed by atoms with Gasteiger partial charge in [0.05, 0.1) is 18.2 Å². The monoisotopic (exact) mass is 423 g/mol. The van der Waals surface area contributed by atoms with Crippen molar-refractivity contribution in [2.24, 2.45) is 5.10 Å². The molecule has 0 spiro atoms. The summed E-state index contributed by atoms with van der Waals surface area (Å²) in [4.78, 5) is 18.6. The van der Waals surface area contributed by atoms with Crippen molar-refractivity contribution in [2.45, 2.75) is 5.16 Å². The van der Waals surface area contributed by atoms with Crippen molar-refractivity contribution in [1.29, 1.82) is 0 Å². The van der Waals surface area contributed by atoms with E-state index < -0.39 is 5.82 Å². The highest BCUT2D eigenvalue weighted by Gasteiger charge is 2.22. The van der Waals surface area contributed by atoms with E-state index in [1.165, 1.54) is 41.0 Å². The number of ether oxygens (including phenoxy) is 1. The maximum Gasteiger partial charge on any atom is 0.284 e. The zero-order chi connectivity index (χ0) is 20.0. The molecule has 0 saturated heterocycles. The number of aromatic nitrogens is 2. The van der Waals surface area contributed by atoms with Crippen LogP contribution in [0.1, 0.15) is 5.56 Å². The first-order valence-electron chi connectivity index (χ1n) is 8.80. The van der Waals surface area contributed by atoms with Gasteiger partial charge in [-0.15, -0.1) is 11.3 Å². The van der Waals surface area contributed by atoms with Gasteiger partial charge >= 0.3 is 0 Å². The van der Waals surface area contributed by atoms with Gasteiger partial charge in [-0.1, -0.05) is 42.1 Å². The molecule has 0 radical (unpaired) electrons. The zero-order valence-electron chi connectivity index (χ0n) is 15.3. The molecule has 0 unspecified atom stereocenters. The van der Waals surface area contributed by atoms with Gasteiger partial charge in [-0.2, -0.15) is 9.78 Å². The lowest BCUT2D eigenvalue weighted by Crippen LogP contribution is -2.25. The number of thioether (sulfide) groups is 1. The number of nitrogens with zero attached hydrogens (tertiary/aromatic N) is 3. The Kier molecular flexibility index (Phi) is 4.44. The van der Waals surface area contributed by atoms with Gasteiger partial charge in [0.15, 0.2) is 16.7 Å². The van der Waals surface area contributed by atoms with Gasteiger partial charge in [-0.3, -0.25) is 4.79 Å². The molecule has 1 aliphatic heterocycles. The average molecular weight is 423 g/mol. The van der Waals surface area contributed by atoms with Crippen LogP contribution in [0.4, 0.5) is 4.39 Å². The Labute approximate surface area is 173 Å². The van der Waals surface area contributed by atoms with Crippen molar-refractivity contribution in [3.63, 3.8) is 0 Å². The summed E-state index contributed by atoms with van der Waals surface area (Å²) in [6, 6.07) is 14.4. The Morgan fingerprint density at radius 3 is 2.72 bits per heavy atom. The number of rotatable bonds is 3. The van der Waals surface area contributed by atoms with Crippen LogP contribution in [0.3, 0.4) is 0 Å². The summed E-state index contributed by atoms with van der Waals surface area (Å²) >= 11 is 2.86. The lowest BCUT2D eigenvalue weighted by molar-refractivity contribution is 0.386. The van der Waals surface area contributed by atoms with Crippen LogP contribution in [0, 0.1) is 5.82 Å². The number of benzene rings is 2. The molecule has 144 valence electrons. The molecule has 0 N–H and O–H groups in total. The molecule has 0 amide bonds. The van der Waals surface area contributed by atoms with Gasteiger partial charge in [0.1, 0.15) is 4.83 Å². The molecule has 5 rings (SSSR count). The normalized spacial score (nSPS) is 13.2. The van der Waals surface area contributed by atoms with E-state index in [2.05, 4.69) is 10.1 Å². The van der Waals surface area contributed by atoms with Gasteiger partial charge in [-0.25, -0.2) is 9.37 Å². The smallest absolute Gasteiger partial charge is 0.284 e. The number of hydrogen-bond acceptors (Lipinski definition) is 6. The number of thiophene rings is 1. The number of halogens is 1. The van der Waals surface area contributed by atoms with E-state index in [1.807, 2.05) is 35.7 Å². The fraction of sp³-hybridized carbons (Fsp3) is 0.0952. The van der Waals surface area contributed by atoms with Crippen molar-refractivity contribution in [3.8, 4) is 16.9 Å². The second kappa shape index (κ2) is 7.13. The van der Waals surface area contributed by atoms with E-state index in [4.69, 9.17) is 4.74 Å². The van der Waals surface area contributed by atoms with Gasteiger partial charge in [-0.05, 0) is 23.8 Å². The lowest BCUT2D eigenvalue weighted by atomic mass is 10.1. The summed E-state index contributed by atoms with van der Waals surface area (Å²) in [6.07, 6.45) is 0. The van der Waals surface area contributed by atoms with Gasteiger partial charge in [0, 0.05) is 22.3 Å². The summed E-state index contributed by atoms with van der Waals surface area (Å²) in [5, 5.41) is 7.56. The van der Waals surface area contributed by atoms with Gasteiger partial charge < -0.3 is 4.74 Å². The fourth-order valence-corrected chi connectivity index (χ4v) is 5.13. The maximum absolute atomic E-state index is 14.1. The highest BCUT2D eigenvalue weighted by atomic mass is 32.2. The largest absolute Gasteiger partial charge is 0.494 e. The Bertz CT molecular complexity index is 1330. The standard InChI is InChI=1S/C21H14FN3O2S2/c1-27-17-8-7-13(9-15(17)22)16-11-29-21-23-19-18(20(26)25(21)24-16)14(10-28-19)12-5-3-2-4-6-12/h2-10H,11H2,1H3. The van der Waals surface area contributed by atoms with Crippen LogP contribution in [-0.2, 0) is 0 Å². The fourth-order valence-electron chi connectivity index (χ4n) is 3.24. The Balaban J connectivity index is 1.67. The molecule has 0 saturated carbocycles. The van der Waals surface area contributed by atoms with Crippen molar-refractivity contribution in [1.82, 2.24) is 9.66 Å². The predicted octanol–water partition coefficient (Wildman–Crippen LogP) is 4.63. The van der Waals surface area contributed by atoms with E-state index in [0.717, 1.165) is 11.1 Å². The van der Waals surface area contributed by atoms with E-state index >= 15 is 0 Å². The topological polar surface area (TPSA) is 56.5 Å². The van der Waals surface area contributed by atoms with E-state index in [0.29, 0.717) is 32.4 Å². The van der Waals surface area contributed by atoms with Crippen LogP contribution in [0.5, 0.6) is 5.75 Å². The summed E-state index contributed by atoms with van der Waals surface area (Å²) in [5.41, 5.74) is 2.82. The van der Waals surface area contributed by atoms with E-state index in [1.54, 1.807) is 12.1 Å². The minimum Gasteiger partial charge on any atom is -0.494 e. The summed E-state index contributed by atoms with van der Waals surface area (Å²) in [5.74, 6) is 0.207. The van der Waals surface area contributed by atoms with Crippen molar-refractivity contribution >= 4 is 39.0 Å². The molecule has 3 heterocycles. The predicted molar refractivity (Wildman–Crippen MR) is 115 cm³/mol. The maximum atomic E-state index is 14.1. The number of hydrogen-bond donors (Lipinski definition) is 0. The van der Waals surface area contributed by atoms with Crippen molar-refractivity contribution < 1.29 is 9.13 Å². The SMILES string of the molecule is COc1ccc(C2=Nn3c(nc4scc(-c5ccccc5)c4c3=O)SC2)cc1F.